The van der Waals surface area contributed by atoms with Gasteiger partial charge in [0, 0.05) is 49.9 Å². The molecule has 2 aliphatic heterocycles. The van der Waals surface area contributed by atoms with Gasteiger partial charge in [0.05, 0.1) is 22.8 Å². The Balaban J connectivity index is 1.48. The Morgan fingerprint density at radius 2 is 0.880 bits per heavy atom. The number of carbonyl (C=O) groups is 2. The molecular formula is C44H30N4O2. The number of rotatable bonds is 4. The van der Waals surface area contributed by atoms with E-state index in [4.69, 9.17) is 9.97 Å². The highest BCUT2D eigenvalue weighted by molar-refractivity contribution is 6.35. The first-order valence-corrected chi connectivity index (χ1v) is 16.7. The average Bonchev–Trinajstić information content (AvgIpc) is 3.99. The van der Waals surface area contributed by atoms with Crippen LogP contribution in [0.15, 0.2) is 133 Å². The fourth-order valence-electron chi connectivity index (χ4n) is 7.22. The number of fused-ring (bicyclic) bond motifs is 8. The largest absolute Gasteiger partial charge is 0.354 e. The molecule has 0 unspecified atom stereocenters. The molecule has 238 valence electrons. The number of nitrogens with one attached hydrogen (secondary N) is 2. The molecule has 0 saturated carbocycles. The number of aromatic amines is 2. The quantitative estimate of drug-likeness (QED) is 0.187. The molecule has 0 spiro atoms. The standard InChI is InChI=1S/C44H30N4O2/c49-30-16-25-40(50)31(26-30)44-38-23-21-36(47-38)42(28-12-6-2-7-13-28)34-19-17-32(45-34)41(27-10-4-1-5-11-27)33-18-20-35(46-33)43(29-14-8-3-9-15-29)37-22-24-39(44)48-37/h1-21,23,25-26,46-47H,22,24H2. The molecule has 0 fully saturated rings. The average molecular weight is 647 g/mol. The van der Waals surface area contributed by atoms with Gasteiger partial charge in [0.1, 0.15) is 0 Å². The number of hydrogen-bond donors (Lipinski definition) is 2. The van der Waals surface area contributed by atoms with Crippen molar-refractivity contribution in [2.24, 2.45) is 0 Å². The van der Waals surface area contributed by atoms with Gasteiger partial charge in [-0.2, -0.15) is 0 Å². The molecule has 6 aromatic rings. The summed E-state index contributed by atoms with van der Waals surface area (Å²) in [5, 5.41) is 0. The van der Waals surface area contributed by atoms with Crippen LogP contribution in [0.25, 0.3) is 73.2 Å². The Labute approximate surface area is 288 Å². The molecule has 0 radical (unpaired) electrons. The minimum absolute atomic E-state index is 0.221. The monoisotopic (exact) mass is 646 g/mol. The van der Waals surface area contributed by atoms with Gasteiger partial charge in [0.25, 0.3) is 0 Å². The van der Waals surface area contributed by atoms with Crippen LogP contribution in [-0.2, 0) is 22.4 Å². The number of hydrogen-bond acceptors (Lipinski definition) is 4. The molecular weight excluding hydrogens is 617 g/mol. The lowest BCUT2D eigenvalue weighted by atomic mass is 9.94. The molecule has 8 bridgehead atoms. The van der Waals surface area contributed by atoms with Crippen molar-refractivity contribution in [2.45, 2.75) is 12.8 Å². The second kappa shape index (κ2) is 12.1. The van der Waals surface area contributed by atoms with E-state index in [0.29, 0.717) is 24.0 Å². The maximum Gasteiger partial charge on any atom is 0.186 e. The van der Waals surface area contributed by atoms with Crippen LogP contribution in [0.2, 0.25) is 0 Å². The van der Waals surface area contributed by atoms with E-state index >= 15 is 0 Å². The Hall–Kier alpha value is -6.66. The number of aryl methyl sites for hydroxylation is 2. The van der Waals surface area contributed by atoms with E-state index < -0.39 is 0 Å². The van der Waals surface area contributed by atoms with E-state index in [1.165, 1.54) is 18.2 Å². The Kier molecular flexibility index (Phi) is 7.13. The van der Waals surface area contributed by atoms with E-state index in [0.717, 1.165) is 78.2 Å². The molecule has 9 rings (SSSR count). The highest BCUT2D eigenvalue weighted by Crippen LogP contribution is 2.37. The van der Waals surface area contributed by atoms with Crippen molar-refractivity contribution in [1.82, 2.24) is 19.9 Å². The van der Waals surface area contributed by atoms with Gasteiger partial charge in [-0.15, -0.1) is 0 Å². The first kappa shape index (κ1) is 29.5. The van der Waals surface area contributed by atoms with Gasteiger partial charge in [-0.05, 0) is 84.2 Å². The normalized spacial score (nSPS) is 13.9. The summed E-state index contributed by atoms with van der Waals surface area (Å²) in [4.78, 5) is 44.1. The first-order valence-electron chi connectivity index (χ1n) is 16.7. The molecule has 1 aliphatic carbocycles. The Morgan fingerprint density at radius 3 is 1.40 bits per heavy atom. The molecule has 0 atom stereocenters. The summed E-state index contributed by atoms with van der Waals surface area (Å²) >= 11 is 0. The molecule has 5 heterocycles. The third-order valence-corrected chi connectivity index (χ3v) is 9.46. The molecule has 6 nitrogen and oxygen atoms in total. The van der Waals surface area contributed by atoms with Crippen LogP contribution in [0.1, 0.15) is 28.3 Å². The van der Waals surface area contributed by atoms with E-state index in [-0.39, 0.29) is 11.6 Å². The van der Waals surface area contributed by atoms with Gasteiger partial charge in [0.2, 0.25) is 0 Å². The highest BCUT2D eigenvalue weighted by Gasteiger charge is 2.25. The zero-order valence-corrected chi connectivity index (χ0v) is 27.0. The van der Waals surface area contributed by atoms with Crippen molar-refractivity contribution in [3.05, 3.63) is 162 Å². The number of H-pyrrole nitrogens is 2. The number of allylic oxidation sites excluding steroid dienone is 4. The lowest BCUT2D eigenvalue weighted by Gasteiger charge is -2.09. The van der Waals surface area contributed by atoms with Gasteiger partial charge in [-0.1, -0.05) is 91.0 Å². The first-order chi connectivity index (χ1) is 24.6. The summed E-state index contributed by atoms with van der Waals surface area (Å²) in [5.41, 5.74) is 13.8. The summed E-state index contributed by atoms with van der Waals surface area (Å²) < 4.78 is 0. The van der Waals surface area contributed by atoms with Crippen molar-refractivity contribution in [3.8, 4) is 33.4 Å². The number of benzene rings is 3. The van der Waals surface area contributed by atoms with E-state index in [2.05, 4.69) is 70.7 Å². The zero-order valence-electron chi connectivity index (χ0n) is 27.0. The van der Waals surface area contributed by atoms with Crippen LogP contribution in [0.4, 0.5) is 0 Å². The summed E-state index contributed by atoms with van der Waals surface area (Å²) in [6, 6.07) is 39.0. The number of aromatic nitrogens is 4. The van der Waals surface area contributed by atoms with Crippen molar-refractivity contribution >= 4 is 51.4 Å². The molecule has 2 N–H and O–H groups in total. The number of ketones is 2. The van der Waals surface area contributed by atoms with Crippen LogP contribution in [-0.4, -0.2) is 31.5 Å². The van der Waals surface area contributed by atoms with Gasteiger partial charge < -0.3 is 9.97 Å². The predicted molar refractivity (Wildman–Crippen MR) is 201 cm³/mol. The van der Waals surface area contributed by atoms with Crippen molar-refractivity contribution in [2.75, 3.05) is 0 Å². The predicted octanol–water partition coefficient (Wildman–Crippen LogP) is 9.36. The molecule has 3 aliphatic rings. The molecule has 0 saturated heterocycles. The van der Waals surface area contributed by atoms with Crippen LogP contribution in [0.3, 0.4) is 0 Å². The maximum atomic E-state index is 13.4. The van der Waals surface area contributed by atoms with Gasteiger partial charge in [-0.3, -0.25) is 14.6 Å². The van der Waals surface area contributed by atoms with E-state index in [9.17, 15) is 9.59 Å². The lowest BCUT2D eigenvalue weighted by Crippen LogP contribution is -2.08. The smallest absolute Gasteiger partial charge is 0.186 e. The molecule has 3 aromatic carbocycles. The summed E-state index contributed by atoms with van der Waals surface area (Å²) in [6.45, 7) is 0. The lowest BCUT2D eigenvalue weighted by molar-refractivity contribution is -0.113. The second-order valence-electron chi connectivity index (χ2n) is 12.5. The van der Waals surface area contributed by atoms with Gasteiger partial charge in [-0.25, -0.2) is 4.98 Å². The van der Waals surface area contributed by atoms with E-state index in [1.54, 1.807) is 0 Å². The van der Waals surface area contributed by atoms with Crippen LogP contribution in [0.5, 0.6) is 0 Å². The minimum Gasteiger partial charge on any atom is -0.354 e. The summed E-state index contributed by atoms with van der Waals surface area (Å²) in [5.74, 6) is -0.444. The number of carbonyl (C=O) groups excluding carboxylic acids is 2. The molecule has 6 heteroatoms. The van der Waals surface area contributed by atoms with Crippen LogP contribution >= 0.6 is 0 Å². The maximum absolute atomic E-state index is 13.4. The third-order valence-electron chi connectivity index (χ3n) is 9.46. The van der Waals surface area contributed by atoms with Crippen LogP contribution in [0, 0.1) is 0 Å². The van der Waals surface area contributed by atoms with Crippen molar-refractivity contribution in [1.29, 1.82) is 0 Å². The van der Waals surface area contributed by atoms with Crippen molar-refractivity contribution in [3.63, 3.8) is 0 Å². The third kappa shape index (κ3) is 5.15. The Morgan fingerprint density at radius 1 is 0.440 bits per heavy atom. The van der Waals surface area contributed by atoms with Gasteiger partial charge in [0.15, 0.2) is 11.6 Å². The molecule has 0 amide bonds. The topological polar surface area (TPSA) is 91.5 Å². The summed E-state index contributed by atoms with van der Waals surface area (Å²) in [7, 11) is 0. The minimum atomic E-state index is -0.222. The second-order valence-corrected chi connectivity index (χ2v) is 12.5. The molecule has 50 heavy (non-hydrogen) atoms. The zero-order chi connectivity index (χ0) is 33.6. The Bertz CT molecular complexity index is 2610. The fourth-order valence-corrected chi connectivity index (χ4v) is 7.22. The van der Waals surface area contributed by atoms with Crippen molar-refractivity contribution < 1.29 is 9.59 Å². The SMILES string of the molecule is O=C1C=CC(=O)C(c2c3nc(c(-c4ccccc4)c4ccc([nH]4)c(-c4ccccc4)c4nc(c(-c5ccccc5)c5ccc2[nH]5)C=C4)CC3)=C1. The summed E-state index contributed by atoms with van der Waals surface area (Å²) in [6.07, 6.45) is 9.52. The molecule has 3 aromatic heterocycles. The fraction of sp³-hybridized carbons (Fsp3) is 0.0455. The van der Waals surface area contributed by atoms with Gasteiger partial charge >= 0.3 is 0 Å². The number of nitrogens with zero attached hydrogens (tertiary/aromatic N) is 2. The highest BCUT2D eigenvalue weighted by atomic mass is 16.1. The van der Waals surface area contributed by atoms with E-state index in [1.807, 2.05) is 66.7 Å². The van der Waals surface area contributed by atoms with Crippen LogP contribution < -0.4 is 0 Å².